The number of allylic oxidation sites excluding steroid dienone is 2. The van der Waals surface area contributed by atoms with E-state index in [1.54, 1.807) is 0 Å². The van der Waals surface area contributed by atoms with Crippen molar-refractivity contribution < 1.29 is 4.79 Å². The van der Waals surface area contributed by atoms with Crippen LogP contribution in [0.3, 0.4) is 0 Å². The highest BCUT2D eigenvalue weighted by Crippen LogP contribution is 2.20. The first-order valence-corrected chi connectivity index (χ1v) is 4.25. The Hall–Kier alpha value is -0.790. The van der Waals surface area contributed by atoms with E-state index in [-0.39, 0.29) is 5.91 Å². The van der Waals surface area contributed by atoms with Crippen molar-refractivity contribution >= 4 is 5.91 Å². The van der Waals surface area contributed by atoms with E-state index in [1.807, 2.05) is 0 Å². The van der Waals surface area contributed by atoms with E-state index in [9.17, 15) is 4.79 Å². The van der Waals surface area contributed by atoms with Gasteiger partial charge in [-0.1, -0.05) is 11.6 Å². The maximum atomic E-state index is 10.4. The van der Waals surface area contributed by atoms with Crippen LogP contribution in [-0.2, 0) is 4.79 Å². The molecule has 0 fully saturated rings. The monoisotopic (exact) mass is 153 g/mol. The molecule has 1 amide bonds. The zero-order valence-corrected chi connectivity index (χ0v) is 6.81. The lowest BCUT2D eigenvalue weighted by atomic mass is 9.96. The first kappa shape index (κ1) is 8.31. The van der Waals surface area contributed by atoms with Gasteiger partial charge in [0.05, 0.1) is 0 Å². The topological polar surface area (TPSA) is 43.1 Å². The number of nitrogens with two attached hydrogens (primary N) is 1. The van der Waals surface area contributed by atoms with Crippen LogP contribution in [0.1, 0.15) is 38.5 Å². The minimum Gasteiger partial charge on any atom is -0.370 e. The van der Waals surface area contributed by atoms with Gasteiger partial charge in [0, 0.05) is 6.42 Å². The summed E-state index contributed by atoms with van der Waals surface area (Å²) in [5, 5.41) is 0. The number of amides is 1. The third-order valence-electron chi connectivity index (χ3n) is 2.08. The van der Waals surface area contributed by atoms with Crippen molar-refractivity contribution in [3.8, 4) is 0 Å². The lowest BCUT2D eigenvalue weighted by Gasteiger charge is -2.10. The molecule has 2 nitrogen and oxygen atoms in total. The molecular formula is C9H15NO. The second-order valence-electron chi connectivity index (χ2n) is 3.07. The first-order chi connectivity index (χ1) is 5.29. The summed E-state index contributed by atoms with van der Waals surface area (Å²) in [6, 6.07) is 0. The minimum atomic E-state index is -0.184. The van der Waals surface area contributed by atoms with Crippen LogP contribution >= 0.6 is 0 Å². The first-order valence-electron chi connectivity index (χ1n) is 4.25. The van der Waals surface area contributed by atoms with Crippen LogP contribution in [0.15, 0.2) is 11.6 Å². The lowest BCUT2D eigenvalue weighted by Crippen LogP contribution is -2.10. The average molecular weight is 153 g/mol. The Morgan fingerprint density at radius 2 is 2.36 bits per heavy atom. The van der Waals surface area contributed by atoms with Crippen molar-refractivity contribution in [3.63, 3.8) is 0 Å². The molecule has 0 saturated heterocycles. The second-order valence-corrected chi connectivity index (χ2v) is 3.07. The Kier molecular flexibility index (Phi) is 3.14. The smallest absolute Gasteiger partial charge is 0.217 e. The van der Waals surface area contributed by atoms with E-state index >= 15 is 0 Å². The van der Waals surface area contributed by atoms with Gasteiger partial charge in [0.1, 0.15) is 0 Å². The molecule has 62 valence electrons. The summed E-state index contributed by atoms with van der Waals surface area (Å²) in [5.41, 5.74) is 6.47. The van der Waals surface area contributed by atoms with Gasteiger partial charge in [-0.25, -0.2) is 0 Å². The molecule has 1 rings (SSSR count). The molecule has 0 aromatic carbocycles. The van der Waals surface area contributed by atoms with Crippen LogP contribution in [-0.4, -0.2) is 5.91 Å². The maximum absolute atomic E-state index is 10.4. The van der Waals surface area contributed by atoms with Crippen molar-refractivity contribution in [2.45, 2.75) is 38.5 Å². The SMILES string of the molecule is NC(=O)CCC1=CCCCC1. The van der Waals surface area contributed by atoms with Crippen LogP contribution < -0.4 is 5.73 Å². The number of carbonyl (C=O) groups is 1. The van der Waals surface area contributed by atoms with Crippen molar-refractivity contribution in [1.29, 1.82) is 0 Å². The highest BCUT2D eigenvalue weighted by Gasteiger charge is 2.04. The van der Waals surface area contributed by atoms with Gasteiger partial charge in [0.15, 0.2) is 0 Å². The zero-order chi connectivity index (χ0) is 8.10. The van der Waals surface area contributed by atoms with Gasteiger partial charge in [0.25, 0.3) is 0 Å². The molecule has 0 aliphatic heterocycles. The number of hydrogen-bond donors (Lipinski definition) is 1. The third-order valence-corrected chi connectivity index (χ3v) is 2.08. The molecule has 1 aliphatic carbocycles. The molecule has 0 atom stereocenters. The molecule has 0 aromatic rings. The average Bonchev–Trinajstić information content (AvgIpc) is 2.03. The molecule has 11 heavy (non-hydrogen) atoms. The Bertz CT molecular complexity index is 172. The van der Waals surface area contributed by atoms with Gasteiger partial charge in [-0.2, -0.15) is 0 Å². The Labute approximate surface area is 67.5 Å². The molecule has 0 unspecified atom stereocenters. The third kappa shape index (κ3) is 3.21. The van der Waals surface area contributed by atoms with E-state index in [0.29, 0.717) is 6.42 Å². The van der Waals surface area contributed by atoms with E-state index in [1.165, 1.54) is 31.3 Å². The Morgan fingerprint density at radius 1 is 1.55 bits per heavy atom. The molecule has 0 aromatic heterocycles. The number of carbonyl (C=O) groups excluding carboxylic acids is 1. The predicted molar refractivity (Wildman–Crippen MR) is 45.0 cm³/mol. The lowest BCUT2D eigenvalue weighted by molar-refractivity contribution is -0.118. The fourth-order valence-electron chi connectivity index (χ4n) is 1.42. The molecule has 0 heterocycles. The summed E-state index contributed by atoms with van der Waals surface area (Å²) in [6.07, 6.45) is 8.61. The van der Waals surface area contributed by atoms with Gasteiger partial charge in [-0.3, -0.25) is 4.79 Å². The van der Waals surface area contributed by atoms with Crippen molar-refractivity contribution in [2.24, 2.45) is 5.73 Å². The van der Waals surface area contributed by atoms with E-state index in [0.717, 1.165) is 6.42 Å². The summed E-state index contributed by atoms with van der Waals surface area (Å²) >= 11 is 0. The van der Waals surface area contributed by atoms with Crippen molar-refractivity contribution in [1.82, 2.24) is 0 Å². The highest BCUT2D eigenvalue weighted by atomic mass is 16.1. The molecule has 0 radical (unpaired) electrons. The van der Waals surface area contributed by atoms with Crippen LogP contribution in [0.4, 0.5) is 0 Å². The quantitative estimate of drug-likeness (QED) is 0.617. The molecule has 2 heteroatoms. The minimum absolute atomic E-state index is 0.184. The summed E-state index contributed by atoms with van der Waals surface area (Å²) in [4.78, 5) is 10.4. The van der Waals surface area contributed by atoms with Gasteiger partial charge in [-0.15, -0.1) is 0 Å². The van der Waals surface area contributed by atoms with E-state index in [2.05, 4.69) is 6.08 Å². The summed E-state index contributed by atoms with van der Waals surface area (Å²) in [5.74, 6) is -0.184. The van der Waals surface area contributed by atoms with E-state index < -0.39 is 0 Å². The van der Waals surface area contributed by atoms with Gasteiger partial charge < -0.3 is 5.73 Å². The second kappa shape index (κ2) is 4.16. The van der Waals surface area contributed by atoms with Crippen LogP contribution in [0.2, 0.25) is 0 Å². The maximum Gasteiger partial charge on any atom is 0.217 e. The largest absolute Gasteiger partial charge is 0.370 e. The number of rotatable bonds is 3. The fraction of sp³-hybridized carbons (Fsp3) is 0.667. The van der Waals surface area contributed by atoms with Crippen molar-refractivity contribution in [3.05, 3.63) is 11.6 Å². The summed E-state index contributed by atoms with van der Waals surface area (Å²) in [6.45, 7) is 0. The molecule has 1 aliphatic rings. The van der Waals surface area contributed by atoms with Crippen LogP contribution in [0.25, 0.3) is 0 Å². The van der Waals surface area contributed by atoms with Gasteiger partial charge in [-0.05, 0) is 32.1 Å². The molecule has 0 spiro atoms. The molecular weight excluding hydrogens is 138 g/mol. The van der Waals surface area contributed by atoms with E-state index in [4.69, 9.17) is 5.73 Å². The predicted octanol–water partition coefficient (Wildman–Crippen LogP) is 1.75. The number of primary amides is 1. The zero-order valence-electron chi connectivity index (χ0n) is 6.81. The fourth-order valence-corrected chi connectivity index (χ4v) is 1.42. The molecule has 2 N–H and O–H groups in total. The van der Waals surface area contributed by atoms with Gasteiger partial charge >= 0.3 is 0 Å². The Balaban J connectivity index is 2.24. The summed E-state index contributed by atoms with van der Waals surface area (Å²) < 4.78 is 0. The standard InChI is InChI=1S/C9H15NO/c10-9(11)7-6-8-4-2-1-3-5-8/h4H,1-3,5-7H2,(H2,10,11). The van der Waals surface area contributed by atoms with Crippen LogP contribution in [0.5, 0.6) is 0 Å². The summed E-state index contributed by atoms with van der Waals surface area (Å²) in [7, 11) is 0. The normalized spacial score (nSPS) is 17.6. The van der Waals surface area contributed by atoms with Crippen molar-refractivity contribution in [2.75, 3.05) is 0 Å². The molecule has 0 saturated carbocycles. The van der Waals surface area contributed by atoms with Gasteiger partial charge in [0.2, 0.25) is 5.91 Å². The highest BCUT2D eigenvalue weighted by molar-refractivity contribution is 5.73. The number of hydrogen-bond acceptors (Lipinski definition) is 1. The Morgan fingerprint density at radius 3 is 2.91 bits per heavy atom. The molecule has 0 bridgehead atoms. The van der Waals surface area contributed by atoms with Crippen LogP contribution in [0, 0.1) is 0 Å².